The van der Waals surface area contributed by atoms with Gasteiger partial charge in [0.2, 0.25) is 0 Å². The van der Waals surface area contributed by atoms with E-state index < -0.39 is 23.6 Å². The Labute approximate surface area is 187 Å². The summed E-state index contributed by atoms with van der Waals surface area (Å²) in [7, 11) is 0. The molecule has 0 radical (unpaired) electrons. The van der Waals surface area contributed by atoms with Crippen LogP contribution in [0.25, 0.3) is 0 Å². The summed E-state index contributed by atoms with van der Waals surface area (Å²) in [5.41, 5.74) is 6.52. The highest BCUT2D eigenvalue weighted by atomic mass is 16.7. The zero-order chi connectivity index (χ0) is 23.3. The first-order valence-corrected chi connectivity index (χ1v) is 10.6. The molecule has 1 aromatic heterocycles. The molecule has 2 aromatic rings. The predicted molar refractivity (Wildman–Crippen MR) is 118 cm³/mol. The molecule has 3 rings (SSSR count). The smallest absolute Gasteiger partial charge is 0.351 e. The molecule has 1 fully saturated rings. The number of carbonyl (C=O) groups excluding carboxylic acids is 1. The van der Waals surface area contributed by atoms with Gasteiger partial charge in [0.1, 0.15) is 18.2 Å². The van der Waals surface area contributed by atoms with Crippen molar-refractivity contribution in [2.75, 3.05) is 25.6 Å². The van der Waals surface area contributed by atoms with Crippen molar-refractivity contribution in [3.63, 3.8) is 0 Å². The Kier molecular flexibility index (Phi) is 7.52. The first-order valence-electron chi connectivity index (χ1n) is 10.6. The number of ether oxygens (including phenoxy) is 4. The lowest BCUT2D eigenvalue weighted by Crippen LogP contribution is -2.31. The normalized spacial score (nSPS) is 18.5. The molecule has 0 aliphatic carbocycles. The summed E-state index contributed by atoms with van der Waals surface area (Å²) >= 11 is 0. The SMILES string of the molecule is Cc1ccc(C)c(OCCCC(C)(C)C(=O)OC[C@H]2OC[C@@H](n3ccc(N)nc3=O)O2)c1. The molecule has 2 N–H and O–H groups in total. The number of nitrogen functional groups attached to an aromatic ring is 1. The molecule has 1 aliphatic heterocycles. The number of carbonyl (C=O) groups is 1. The van der Waals surface area contributed by atoms with Crippen LogP contribution < -0.4 is 16.2 Å². The minimum absolute atomic E-state index is 0.0606. The number of nitrogens with two attached hydrogens (primary N) is 1. The van der Waals surface area contributed by atoms with Crippen molar-refractivity contribution in [3.05, 3.63) is 52.1 Å². The van der Waals surface area contributed by atoms with Gasteiger partial charge in [-0.3, -0.25) is 9.36 Å². The molecule has 1 aromatic carbocycles. The third-order valence-corrected chi connectivity index (χ3v) is 5.35. The standard InChI is InChI=1S/C23H31N3O6/c1-15-6-7-16(2)17(12-15)29-11-5-9-23(3,4)21(27)31-14-20-30-13-19(32-20)26-10-8-18(24)25-22(26)28/h6-8,10,12,19-20H,5,9,11,13-14H2,1-4H3,(H2,24,25,28)/t19-,20-/m0/s1. The van der Waals surface area contributed by atoms with E-state index in [1.54, 1.807) is 0 Å². The average Bonchev–Trinajstić information content (AvgIpc) is 3.20. The first-order chi connectivity index (χ1) is 15.2. The molecule has 9 heteroatoms. The number of anilines is 1. The number of rotatable bonds is 9. The molecule has 9 nitrogen and oxygen atoms in total. The second-order valence-electron chi connectivity index (χ2n) is 8.60. The van der Waals surface area contributed by atoms with Crippen LogP contribution in [0.2, 0.25) is 0 Å². The van der Waals surface area contributed by atoms with Gasteiger partial charge in [0.25, 0.3) is 0 Å². The molecule has 0 spiro atoms. The van der Waals surface area contributed by atoms with Gasteiger partial charge >= 0.3 is 11.7 Å². The van der Waals surface area contributed by atoms with Crippen LogP contribution in [0.15, 0.2) is 35.3 Å². The summed E-state index contributed by atoms with van der Waals surface area (Å²) in [6, 6.07) is 7.60. The van der Waals surface area contributed by atoms with Crippen LogP contribution in [0, 0.1) is 19.3 Å². The number of aryl methyl sites for hydroxylation is 2. The molecule has 32 heavy (non-hydrogen) atoms. The molecular formula is C23H31N3O6. The van der Waals surface area contributed by atoms with Crippen LogP contribution in [-0.2, 0) is 19.0 Å². The van der Waals surface area contributed by atoms with Crippen molar-refractivity contribution in [1.82, 2.24) is 9.55 Å². The fourth-order valence-corrected chi connectivity index (χ4v) is 3.32. The number of hydrogen-bond acceptors (Lipinski definition) is 8. The van der Waals surface area contributed by atoms with Gasteiger partial charge < -0.3 is 24.7 Å². The van der Waals surface area contributed by atoms with Crippen molar-refractivity contribution in [2.45, 2.75) is 53.1 Å². The van der Waals surface area contributed by atoms with Gasteiger partial charge in [-0.1, -0.05) is 12.1 Å². The molecule has 0 amide bonds. The van der Waals surface area contributed by atoms with Gasteiger partial charge in [0.15, 0.2) is 12.5 Å². The van der Waals surface area contributed by atoms with Crippen molar-refractivity contribution in [2.24, 2.45) is 5.41 Å². The monoisotopic (exact) mass is 445 g/mol. The van der Waals surface area contributed by atoms with Crippen LogP contribution >= 0.6 is 0 Å². The Bertz CT molecular complexity index is 1000. The molecule has 174 valence electrons. The lowest BCUT2D eigenvalue weighted by atomic mass is 9.88. The topological polar surface area (TPSA) is 115 Å². The Balaban J connectivity index is 1.41. The highest BCUT2D eigenvalue weighted by molar-refractivity contribution is 5.75. The van der Waals surface area contributed by atoms with Gasteiger partial charge in [-0.15, -0.1) is 0 Å². The van der Waals surface area contributed by atoms with E-state index in [-0.39, 0.29) is 25.0 Å². The van der Waals surface area contributed by atoms with Crippen molar-refractivity contribution < 1.29 is 23.7 Å². The molecule has 2 atom stereocenters. The van der Waals surface area contributed by atoms with Gasteiger partial charge in [0.05, 0.1) is 18.6 Å². The predicted octanol–water partition coefficient (Wildman–Crippen LogP) is 2.74. The van der Waals surface area contributed by atoms with E-state index in [9.17, 15) is 9.59 Å². The number of hydrogen-bond donors (Lipinski definition) is 1. The van der Waals surface area contributed by atoms with E-state index in [4.69, 9.17) is 24.7 Å². The van der Waals surface area contributed by atoms with Crippen LogP contribution in [0.4, 0.5) is 5.82 Å². The summed E-state index contributed by atoms with van der Waals surface area (Å²) in [5, 5.41) is 0. The van der Waals surface area contributed by atoms with E-state index >= 15 is 0 Å². The maximum Gasteiger partial charge on any atom is 0.351 e. The second-order valence-corrected chi connectivity index (χ2v) is 8.60. The van der Waals surface area contributed by atoms with Crippen LogP contribution in [0.3, 0.4) is 0 Å². The molecule has 0 bridgehead atoms. The maximum absolute atomic E-state index is 12.6. The molecule has 2 heterocycles. The lowest BCUT2D eigenvalue weighted by molar-refractivity contribution is -0.168. The average molecular weight is 446 g/mol. The van der Waals surface area contributed by atoms with Crippen LogP contribution in [-0.4, -0.2) is 41.6 Å². The Hall–Kier alpha value is -2.91. The Morgan fingerprint density at radius 3 is 2.84 bits per heavy atom. The molecule has 0 unspecified atom stereocenters. The van der Waals surface area contributed by atoms with E-state index in [1.807, 2.05) is 45.9 Å². The highest BCUT2D eigenvalue weighted by Gasteiger charge is 2.33. The second kappa shape index (κ2) is 10.1. The van der Waals surface area contributed by atoms with E-state index in [2.05, 4.69) is 4.98 Å². The fraction of sp³-hybridized carbons (Fsp3) is 0.522. The minimum atomic E-state index is -0.753. The van der Waals surface area contributed by atoms with Crippen molar-refractivity contribution >= 4 is 11.8 Å². The number of benzene rings is 1. The summed E-state index contributed by atoms with van der Waals surface area (Å²) in [6.45, 7) is 8.31. The third kappa shape index (κ3) is 6.08. The lowest BCUT2D eigenvalue weighted by Gasteiger charge is -2.23. The maximum atomic E-state index is 12.6. The number of aromatic nitrogens is 2. The largest absolute Gasteiger partial charge is 0.493 e. The Morgan fingerprint density at radius 2 is 2.09 bits per heavy atom. The van der Waals surface area contributed by atoms with Crippen LogP contribution in [0.1, 0.15) is 44.0 Å². The third-order valence-electron chi connectivity index (χ3n) is 5.35. The minimum Gasteiger partial charge on any atom is -0.493 e. The molecule has 0 saturated carbocycles. The summed E-state index contributed by atoms with van der Waals surface area (Å²) < 4.78 is 23.7. The molecule has 1 aliphatic rings. The number of nitrogens with zero attached hydrogens (tertiary/aromatic N) is 2. The fourth-order valence-electron chi connectivity index (χ4n) is 3.32. The zero-order valence-electron chi connectivity index (χ0n) is 19.0. The van der Waals surface area contributed by atoms with Gasteiger partial charge in [-0.05, 0) is 63.8 Å². The van der Waals surface area contributed by atoms with Gasteiger partial charge in [0, 0.05) is 6.20 Å². The summed E-state index contributed by atoms with van der Waals surface area (Å²) in [4.78, 5) is 28.2. The van der Waals surface area contributed by atoms with E-state index in [1.165, 1.54) is 16.8 Å². The first kappa shape index (κ1) is 23.7. The van der Waals surface area contributed by atoms with Crippen LogP contribution in [0.5, 0.6) is 5.75 Å². The molecule has 1 saturated heterocycles. The van der Waals surface area contributed by atoms with Gasteiger partial charge in [-0.25, -0.2) is 4.79 Å². The zero-order valence-corrected chi connectivity index (χ0v) is 19.0. The summed E-state index contributed by atoms with van der Waals surface area (Å²) in [5.74, 6) is 0.661. The number of esters is 1. The summed E-state index contributed by atoms with van der Waals surface area (Å²) in [6.07, 6.45) is 1.42. The molecular weight excluding hydrogens is 414 g/mol. The van der Waals surface area contributed by atoms with Gasteiger partial charge in [-0.2, -0.15) is 4.98 Å². The quantitative estimate of drug-likeness (QED) is 0.463. The Morgan fingerprint density at radius 1 is 1.31 bits per heavy atom. The highest BCUT2D eigenvalue weighted by Crippen LogP contribution is 2.27. The van der Waals surface area contributed by atoms with E-state index in [0.29, 0.717) is 19.4 Å². The van der Waals surface area contributed by atoms with Crippen molar-refractivity contribution in [3.8, 4) is 5.75 Å². The van der Waals surface area contributed by atoms with E-state index in [0.717, 1.165) is 16.9 Å². The van der Waals surface area contributed by atoms with Crippen molar-refractivity contribution in [1.29, 1.82) is 0 Å².